The van der Waals surface area contributed by atoms with Crippen molar-refractivity contribution in [2.24, 2.45) is 34.5 Å². The number of nitrogens with one attached hydrogen (secondary N) is 4. The molecule has 1 aromatic carbocycles. The summed E-state index contributed by atoms with van der Waals surface area (Å²) in [6, 6.07) is 4.42. The smallest absolute Gasteiger partial charge is 0.289 e. The Labute approximate surface area is 335 Å². The Hall–Kier alpha value is -3.93. The second kappa shape index (κ2) is 16.5. The molecule has 7 rings (SSSR count). The number of piperidine rings is 1. The van der Waals surface area contributed by atoms with Crippen molar-refractivity contribution in [3.05, 3.63) is 59.0 Å². The number of amides is 5. The molecule has 0 radical (unpaired) electrons. The van der Waals surface area contributed by atoms with E-state index in [9.17, 15) is 24.0 Å². The normalized spacial score (nSPS) is 26.3. The third-order valence-corrected chi connectivity index (χ3v) is 15.2. The molecule has 56 heavy (non-hydrogen) atoms. The number of hydrogen-bond donors (Lipinski definition) is 4. The molecule has 2 heterocycles. The van der Waals surface area contributed by atoms with Gasteiger partial charge in [-0.2, -0.15) is 0 Å². The van der Waals surface area contributed by atoms with E-state index in [4.69, 9.17) is 0 Å². The summed E-state index contributed by atoms with van der Waals surface area (Å²) < 4.78 is 0. The number of rotatable bonds is 15. The minimum atomic E-state index is -1.01. The van der Waals surface area contributed by atoms with Crippen LogP contribution in [0.2, 0.25) is 0 Å². The number of fused-ring (bicyclic) bond motifs is 2. The fraction of sp³-hybridized carbons (Fsp3) is 0.636. The zero-order valence-electron chi connectivity index (χ0n) is 33.2. The largest absolute Gasteiger partial charge is 0.346 e. The average Bonchev–Trinajstić information content (AvgIpc) is 3.77. The summed E-state index contributed by atoms with van der Waals surface area (Å²) in [5.74, 6) is -2.11. The van der Waals surface area contributed by atoms with Crippen LogP contribution in [-0.2, 0) is 41.6 Å². The summed E-state index contributed by atoms with van der Waals surface area (Å²) in [5, 5.41) is 11.9. The maximum absolute atomic E-state index is 15.2. The molecule has 0 bridgehead atoms. The van der Waals surface area contributed by atoms with Crippen LogP contribution in [0, 0.1) is 34.5 Å². The fourth-order valence-electron chi connectivity index (χ4n) is 10.4. The lowest BCUT2D eigenvalue weighted by atomic mass is 9.70. The molecule has 1 saturated heterocycles. The Bertz CT molecular complexity index is 1760. The summed E-state index contributed by atoms with van der Waals surface area (Å²) in [5.41, 5.74) is 1.57. The minimum Gasteiger partial charge on any atom is -0.346 e. The molecule has 2 aliphatic heterocycles. The van der Waals surface area contributed by atoms with Crippen LogP contribution in [0.1, 0.15) is 96.1 Å². The van der Waals surface area contributed by atoms with E-state index in [0.717, 1.165) is 74.7 Å². The van der Waals surface area contributed by atoms with Gasteiger partial charge in [0.25, 0.3) is 11.8 Å². The van der Waals surface area contributed by atoms with E-state index in [1.807, 2.05) is 18.2 Å². The fourth-order valence-corrected chi connectivity index (χ4v) is 11.3. The Balaban J connectivity index is 1.17. The van der Waals surface area contributed by atoms with Crippen molar-refractivity contribution in [1.29, 1.82) is 0 Å². The topological polar surface area (TPSA) is 154 Å². The van der Waals surface area contributed by atoms with Crippen molar-refractivity contribution < 1.29 is 28.8 Å². The molecule has 1 unspecified atom stereocenters. The standard InChI is InChI=1S/C44H59N5O6S/c1-5-20-45-40(53)36(50)31(22-26-13-11-14-26)46-39(52)35-33-30(43(33,2)3)25-49(35)42(55)34(29-23-27-15-7-8-16-28(27)24-29)47-41(54)37(44(4)18-9-6-10-19-44)48-38(51)32-17-12-21-56-32/h5,7-8,15-17,26,29-31,33-35,37H,1,6,9-14,18-25H2,2-4H3,(H,45,53)(H,46,52)(H,47,54)(H,48,51)/t30-,31?,33-,34-,35-,37+/m0/s1. The zero-order valence-corrected chi connectivity index (χ0v) is 34.0. The van der Waals surface area contributed by atoms with Gasteiger partial charge in [0.1, 0.15) is 18.1 Å². The van der Waals surface area contributed by atoms with Crippen LogP contribution >= 0.6 is 11.8 Å². The Morgan fingerprint density at radius 1 is 0.946 bits per heavy atom. The number of hydrogen-bond acceptors (Lipinski definition) is 7. The number of carbonyl (C=O) groups is 6. The molecule has 4 N–H and O–H groups in total. The Morgan fingerprint density at radius 3 is 2.25 bits per heavy atom. The summed E-state index contributed by atoms with van der Waals surface area (Å²) >= 11 is 1.50. The lowest BCUT2D eigenvalue weighted by molar-refractivity contribution is -0.146. The van der Waals surface area contributed by atoms with Crippen LogP contribution in [0.4, 0.5) is 0 Å². The van der Waals surface area contributed by atoms with Crippen molar-refractivity contribution >= 4 is 47.1 Å². The first kappa shape index (κ1) is 40.3. The Morgan fingerprint density at radius 2 is 1.64 bits per heavy atom. The van der Waals surface area contributed by atoms with Gasteiger partial charge in [0.15, 0.2) is 0 Å². The Kier molecular flexibility index (Phi) is 11.9. The first-order valence-electron chi connectivity index (χ1n) is 20.9. The predicted octanol–water partition coefficient (Wildman–Crippen LogP) is 4.39. The van der Waals surface area contributed by atoms with Gasteiger partial charge in [0.2, 0.25) is 23.5 Å². The van der Waals surface area contributed by atoms with Gasteiger partial charge in [-0.25, -0.2) is 0 Å². The molecule has 302 valence electrons. The first-order valence-corrected chi connectivity index (χ1v) is 21.9. The first-order chi connectivity index (χ1) is 26.8. The second-order valence-corrected chi connectivity index (χ2v) is 19.2. The molecule has 1 aromatic rings. The van der Waals surface area contributed by atoms with Crippen LogP contribution in [0.25, 0.3) is 0 Å². The lowest BCUT2D eigenvalue weighted by Gasteiger charge is -2.41. The highest BCUT2D eigenvalue weighted by Crippen LogP contribution is 2.65. The van der Waals surface area contributed by atoms with Crippen molar-refractivity contribution in [1.82, 2.24) is 26.2 Å². The summed E-state index contributed by atoms with van der Waals surface area (Å²) in [7, 11) is 0. The molecular weight excluding hydrogens is 727 g/mol. The van der Waals surface area contributed by atoms with Gasteiger partial charge in [-0.3, -0.25) is 28.8 Å². The lowest BCUT2D eigenvalue weighted by Crippen LogP contribution is -2.63. The van der Waals surface area contributed by atoms with E-state index in [2.05, 4.69) is 60.8 Å². The highest BCUT2D eigenvalue weighted by molar-refractivity contribution is 8.04. The summed E-state index contributed by atoms with van der Waals surface area (Å²) in [6.45, 7) is 10.4. The van der Waals surface area contributed by atoms with Crippen molar-refractivity contribution in [2.45, 2.75) is 122 Å². The quantitative estimate of drug-likeness (QED) is 0.152. The minimum absolute atomic E-state index is 0.0707. The summed E-state index contributed by atoms with van der Waals surface area (Å²) in [6.07, 6.45) is 13.2. The number of benzene rings is 1. The molecule has 0 spiro atoms. The van der Waals surface area contributed by atoms with E-state index in [1.165, 1.54) is 17.8 Å². The monoisotopic (exact) mass is 785 g/mol. The second-order valence-electron chi connectivity index (χ2n) is 18.1. The number of ketones is 1. The third kappa shape index (κ3) is 8.09. The maximum atomic E-state index is 15.2. The molecule has 4 fully saturated rings. The van der Waals surface area contributed by atoms with E-state index < -0.39 is 47.2 Å². The molecule has 4 aliphatic carbocycles. The van der Waals surface area contributed by atoms with Crippen LogP contribution in [0.3, 0.4) is 0 Å². The maximum Gasteiger partial charge on any atom is 0.289 e. The number of thioether (sulfide) groups is 1. The molecular formula is C44H59N5O6S. The van der Waals surface area contributed by atoms with Gasteiger partial charge in [0, 0.05) is 18.8 Å². The molecule has 0 aromatic heterocycles. The van der Waals surface area contributed by atoms with Crippen LogP contribution in [-0.4, -0.2) is 83.2 Å². The van der Waals surface area contributed by atoms with Crippen LogP contribution in [0.15, 0.2) is 47.9 Å². The third-order valence-electron chi connectivity index (χ3n) is 14.1. The van der Waals surface area contributed by atoms with E-state index in [0.29, 0.717) is 30.7 Å². The molecule has 6 aliphatic rings. The van der Waals surface area contributed by atoms with Crippen LogP contribution in [0.5, 0.6) is 0 Å². The molecule has 5 amide bonds. The number of nitrogens with zero attached hydrogens (tertiary/aromatic N) is 1. The number of likely N-dealkylation sites (tertiary alicyclic amines) is 1. The zero-order chi connectivity index (χ0) is 39.8. The van der Waals surface area contributed by atoms with Gasteiger partial charge in [0.05, 0.1) is 10.9 Å². The summed E-state index contributed by atoms with van der Waals surface area (Å²) in [4.78, 5) is 86.6. The number of allylic oxidation sites excluding steroid dienone is 1. The van der Waals surface area contributed by atoms with Crippen molar-refractivity contribution in [3.8, 4) is 0 Å². The van der Waals surface area contributed by atoms with Crippen LogP contribution < -0.4 is 21.3 Å². The number of carbonyl (C=O) groups excluding carboxylic acids is 6. The predicted molar refractivity (Wildman–Crippen MR) is 216 cm³/mol. The van der Waals surface area contributed by atoms with Crippen molar-refractivity contribution in [2.75, 3.05) is 18.8 Å². The van der Waals surface area contributed by atoms with Gasteiger partial charge >= 0.3 is 0 Å². The SMILES string of the molecule is C=CCNC(=O)C(=O)C(CC1CCC1)NC(=O)[C@@H]1[C@@H]2[C@H](CN1C(=O)[C@@H](NC(=O)[C@@H](NC(=O)C1=CCCS1)C1(C)CCCCC1)C1Cc3ccccc3C1)C2(C)C. The molecule has 3 saturated carbocycles. The van der Waals surface area contributed by atoms with E-state index in [1.54, 1.807) is 4.90 Å². The van der Waals surface area contributed by atoms with E-state index in [-0.39, 0.29) is 53.4 Å². The van der Waals surface area contributed by atoms with Gasteiger partial charge < -0.3 is 26.2 Å². The van der Waals surface area contributed by atoms with Crippen molar-refractivity contribution in [3.63, 3.8) is 0 Å². The van der Waals surface area contributed by atoms with E-state index >= 15 is 4.79 Å². The van der Waals surface area contributed by atoms with Gasteiger partial charge in [-0.1, -0.05) is 95.7 Å². The molecule has 12 heteroatoms. The average molecular weight is 786 g/mol. The van der Waals surface area contributed by atoms with Gasteiger partial charge in [-0.15, -0.1) is 18.3 Å². The molecule has 6 atom stereocenters. The highest BCUT2D eigenvalue weighted by atomic mass is 32.2. The highest BCUT2D eigenvalue weighted by Gasteiger charge is 2.70. The van der Waals surface area contributed by atoms with Gasteiger partial charge in [-0.05, 0) is 84.2 Å². The number of Topliss-reactive ketones (excluding diaryl/α,β-unsaturated/α-hetero) is 1. The molecule has 11 nitrogen and oxygen atoms in total.